The monoisotopic (exact) mass is 256 g/mol. The first-order valence-electron chi connectivity index (χ1n) is 6.82. The first-order valence-corrected chi connectivity index (χ1v) is 6.82. The van der Waals surface area contributed by atoms with Crippen molar-refractivity contribution in [2.24, 2.45) is 11.8 Å². The van der Waals surface area contributed by atoms with Crippen LogP contribution in [0.2, 0.25) is 0 Å². The predicted octanol–water partition coefficient (Wildman–Crippen LogP) is 2.70. The van der Waals surface area contributed by atoms with Crippen LogP contribution in [0.25, 0.3) is 0 Å². The molecule has 1 rings (SSSR count). The van der Waals surface area contributed by atoms with Gasteiger partial charge in [-0.05, 0) is 18.8 Å². The minimum absolute atomic E-state index is 0.135. The molecule has 0 amide bonds. The zero-order chi connectivity index (χ0) is 13.4. The summed E-state index contributed by atoms with van der Waals surface area (Å²) >= 11 is 0. The molecule has 0 aromatic heterocycles. The van der Waals surface area contributed by atoms with Crippen LogP contribution in [0.5, 0.6) is 0 Å². The van der Waals surface area contributed by atoms with Crippen molar-refractivity contribution >= 4 is 11.9 Å². The van der Waals surface area contributed by atoms with Crippen LogP contribution in [0.15, 0.2) is 0 Å². The molecule has 0 N–H and O–H groups in total. The van der Waals surface area contributed by atoms with E-state index in [1.54, 1.807) is 0 Å². The average Bonchev–Trinajstić information content (AvgIpc) is 2.43. The highest BCUT2D eigenvalue weighted by Crippen LogP contribution is 2.29. The maximum Gasteiger partial charge on any atom is 0.309 e. The topological polar surface area (TPSA) is 52.6 Å². The van der Waals surface area contributed by atoms with Gasteiger partial charge in [-0.2, -0.15) is 0 Å². The molecule has 0 aliphatic heterocycles. The molecule has 0 aromatic rings. The van der Waals surface area contributed by atoms with Crippen molar-refractivity contribution in [1.82, 2.24) is 0 Å². The fourth-order valence-electron chi connectivity index (χ4n) is 2.67. The molecule has 1 unspecified atom stereocenters. The van der Waals surface area contributed by atoms with Crippen molar-refractivity contribution in [2.45, 2.75) is 51.4 Å². The Balaban J connectivity index is 2.39. The molecular weight excluding hydrogens is 232 g/mol. The predicted molar refractivity (Wildman–Crippen MR) is 67.9 cm³/mol. The van der Waals surface area contributed by atoms with E-state index in [9.17, 15) is 9.59 Å². The van der Waals surface area contributed by atoms with E-state index in [1.165, 1.54) is 46.3 Å². The molecule has 104 valence electrons. The van der Waals surface area contributed by atoms with E-state index < -0.39 is 0 Å². The molecule has 1 aliphatic rings. The van der Waals surface area contributed by atoms with Gasteiger partial charge in [0.15, 0.2) is 0 Å². The second-order valence-corrected chi connectivity index (χ2v) is 5.08. The summed E-state index contributed by atoms with van der Waals surface area (Å²) in [6.45, 7) is 0. The van der Waals surface area contributed by atoms with E-state index in [1.807, 2.05) is 0 Å². The minimum Gasteiger partial charge on any atom is -0.469 e. The highest BCUT2D eigenvalue weighted by molar-refractivity contribution is 5.79. The van der Waals surface area contributed by atoms with Gasteiger partial charge < -0.3 is 9.47 Å². The second-order valence-electron chi connectivity index (χ2n) is 5.08. The van der Waals surface area contributed by atoms with Crippen LogP contribution >= 0.6 is 0 Å². The van der Waals surface area contributed by atoms with Crippen molar-refractivity contribution in [3.8, 4) is 0 Å². The van der Waals surface area contributed by atoms with E-state index in [0.717, 1.165) is 12.8 Å². The Labute approximate surface area is 109 Å². The standard InChI is InChI=1S/C14H24O4/c1-17-13(15)10-12(14(16)18-2)9-8-11-6-4-3-5-7-11/h11-12H,3-10H2,1-2H3. The largest absolute Gasteiger partial charge is 0.469 e. The van der Waals surface area contributed by atoms with Gasteiger partial charge in [0.1, 0.15) is 0 Å². The van der Waals surface area contributed by atoms with Crippen LogP contribution in [0.4, 0.5) is 0 Å². The van der Waals surface area contributed by atoms with Gasteiger partial charge in [0.25, 0.3) is 0 Å². The Morgan fingerprint density at radius 1 is 1.11 bits per heavy atom. The van der Waals surface area contributed by atoms with Crippen molar-refractivity contribution in [1.29, 1.82) is 0 Å². The zero-order valence-electron chi connectivity index (χ0n) is 11.4. The molecule has 0 bridgehead atoms. The molecule has 0 spiro atoms. The number of carbonyl (C=O) groups excluding carboxylic acids is 2. The SMILES string of the molecule is COC(=O)CC(CCC1CCCCC1)C(=O)OC. The lowest BCUT2D eigenvalue weighted by molar-refractivity contribution is -0.152. The molecular formula is C14H24O4. The lowest BCUT2D eigenvalue weighted by atomic mass is 9.83. The van der Waals surface area contributed by atoms with E-state index in [4.69, 9.17) is 4.74 Å². The van der Waals surface area contributed by atoms with Crippen LogP contribution in [0.3, 0.4) is 0 Å². The third kappa shape index (κ3) is 5.07. The number of hydrogen-bond donors (Lipinski definition) is 0. The summed E-state index contributed by atoms with van der Waals surface area (Å²) < 4.78 is 9.37. The summed E-state index contributed by atoms with van der Waals surface area (Å²) in [7, 11) is 2.71. The maximum absolute atomic E-state index is 11.6. The molecule has 18 heavy (non-hydrogen) atoms. The van der Waals surface area contributed by atoms with Gasteiger partial charge >= 0.3 is 11.9 Å². The molecule has 4 heteroatoms. The Morgan fingerprint density at radius 2 is 1.78 bits per heavy atom. The van der Waals surface area contributed by atoms with E-state index in [0.29, 0.717) is 5.92 Å². The van der Waals surface area contributed by atoms with Crippen LogP contribution in [-0.4, -0.2) is 26.2 Å². The van der Waals surface area contributed by atoms with E-state index >= 15 is 0 Å². The Bertz CT molecular complexity index is 269. The quantitative estimate of drug-likeness (QED) is 0.686. The number of ether oxygens (including phenoxy) is 2. The first kappa shape index (κ1) is 15.0. The van der Waals surface area contributed by atoms with E-state index in [-0.39, 0.29) is 24.3 Å². The highest BCUT2D eigenvalue weighted by Gasteiger charge is 2.24. The van der Waals surface area contributed by atoms with Gasteiger partial charge in [-0.15, -0.1) is 0 Å². The number of carbonyl (C=O) groups is 2. The molecule has 0 heterocycles. The van der Waals surface area contributed by atoms with E-state index in [2.05, 4.69) is 4.74 Å². The van der Waals surface area contributed by atoms with Gasteiger partial charge in [-0.1, -0.05) is 32.1 Å². The summed E-state index contributed by atoms with van der Waals surface area (Å²) in [5.41, 5.74) is 0. The summed E-state index contributed by atoms with van der Waals surface area (Å²) in [5.74, 6) is -0.266. The van der Waals surface area contributed by atoms with Crippen LogP contribution in [0.1, 0.15) is 51.4 Å². The zero-order valence-corrected chi connectivity index (χ0v) is 11.4. The summed E-state index contributed by atoms with van der Waals surface area (Å²) in [4.78, 5) is 22.9. The lowest BCUT2D eigenvalue weighted by Crippen LogP contribution is -2.22. The molecule has 0 radical (unpaired) electrons. The van der Waals surface area contributed by atoms with Crippen LogP contribution < -0.4 is 0 Å². The summed E-state index contributed by atoms with van der Waals surface area (Å²) in [6.07, 6.45) is 8.31. The Kier molecular flexibility index (Phi) is 6.76. The van der Waals surface area contributed by atoms with Crippen LogP contribution in [-0.2, 0) is 19.1 Å². The smallest absolute Gasteiger partial charge is 0.309 e. The van der Waals surface area contributed by atoms with Crippen molar-refractivity contribution in [3.05, 3.63) is 0 Å². The third-order valence-electron chi connectivity index (χ3n) is 3.82. The fourth-order valence-corrected chi connectivity index (χ4v) is 2.67. The van der Waals surface area contributed by atoms with Gasteiger partial charge in [0.2, 0.25) is 0 Å². The lowest BCUT2D eigenvalue weighted by Gasteiger charge is -2.23. The minimum atomic E-state index is -0.343. The average molecular weight is 256 g/mol. The molecule has 1 aliphatic carbocycles. The Hall–Kier alpha value is -1.06. The summed E-state index contributed by atoms with van der Waals surface area (Å²) in [6, 6.07) is 0. The molecule has 0 saturated heterocycles. The number of rotatable bonds is 6. The molecule has 1 atom stereocenters. The molecule has 4 nitrogen and oxygen atoms in total. The van der Waals surface area contributed by atoms with Gasteiger partial charge in [-0.3, -0.25) is 9.59 Å². The van der Waals surface area contributed by atoms with Gasteiger partial charge in [0, 0.05) is 0 Å². The van der Waals surface area contributed by atoms with Crippen molar-refractivity contribution in [2.75, 3.05) is 14.2 Å². The Morgan fingerprint density at radius 3 is 2.33 bits per heavy atom. The van der Waals surface area contributed by atoms with Gasteiger partial charge in [-0.25, -0.2) is 0 Å². The number of hydrogen-bond acceptors (Lipinski definition) is 4. The van der Waals surface area contributed by atoms with Crippen molar-refractivity contribution < 1.29 is 19.1 Å². The molecule has 1 fully saturated rings. The maximum atomic E-state index is 11.6. The normalized spacial score (nSPS) is 18.1. The van der Waals surface area contributed by atoms with Crippen LogP contribution in [0, 0.1) is 11.8 Å². The third-order valence-corrected chi connectivity index (χ3v) is 3.82. The first-order chi connectivity index (χ1) is 8.67. The second kappa shape index (κ2) is 8.11. The summed E-state index contributed by atoms with van der Waals surface area (Å²) in [5, 5.41) is 0. The molecule has 0 aromatic carbocycles. The highest BCUT2D eigenvalue weighted by atomic mass is 16.5. The number of esters is 2. The fraction of sp³-hybridized carbons (Fsp3) is 0.857. The number of methoxy groups -OCH3 is 2. The molecule has 1 saturated carbocycles. The van der Waals surface area contributed by atoms with Gasteiger partial charge in [0.05, 0.1) is 26.6 Å². The van der Waals surface area contributed by atoms with Crippen molar-refractivity contribution in [3.63, 3.8) is 0 Å².